The van der Waals surface area contributed by atoms with E-state index in [0.717, 1.165) is 31.5 Å². The lowest BCUT2D eigenvalue weighted by molar-refractivity contribution is -0.137. The van der Waals surface area contributed by atoms with Crippen LogP contribution >= 0.6 is 0 Å². The maximum atomic E-state index is 12.7. The van der Waals surface area contributed by atoms with Crippen LogP contribution in [0.5, 0.6) is 0 Å². The van der Waals surface area contributed by atoms with Crippen molar-refractivity contribution >= 4 is 5.91 Å². The highest BCUT2D eigenvalue weighted by molar-refractivity contribution is 5.82. The smallest absolute Gasteiger partial charge is 0.387 e. The normalized spacial score (nSPS) is 23.3. The number of hydrogen-bond acceptors (Lipinski definition) is 3. The molecule has 2 rings (SSSR count). The fraction of sp³-hybridized carbons (Fsp3) is 0.562. The Bertz CT molecular complexity index is 555. The third kappa shape index (κ3) is 4.45. The van der Waals surface area contributed by atoms with Crippen molar-refractivity contribution < 1.29 is 23.1 Å². The molecule has 23 heavy (non-hydrogen) atoms. The number of nitrogens with one attached hydrogen (secondary N) is 2. The van der Waals surface area contributed by atoms with Crippen LogP contribution in [0.25, 0.3) is 0 Å². The first-order chi connectivity index (χ1) is 10.7. The van der Waals surface area contributed by atoms with E-state index >= 15 is 0 Å². The molecular formula is C16H21F3N2O2. The van der Waals surface area contributed by atoms with Gasteiger partial charge in [0.05, 0.1) is 17.1 Å². The van der Waals surface area contributed by atoms with Crippen LogP contribution in [0.3, 0.4) is 0 Å². The van der Waals surface area contributed by atoms with E-state index in [9.17, 15) is 23.1 Å². The summed E-state index contributed by atoms with van der Waals surface area (Å²) in [4.78, 5) is 12.2. The van der Waals surface area contributed by atoms with Gasteiger partial charge < -0.3 is 15.7 Å². The molecule has 1 aliphatic rings. The number of rotatable bonds is 4. The lowest BCUT2D eigenvalue weighted by atomic mass is 9.82. The lowest BCUT2D eigenvalue weighted by Crippen LogP contribution is -2.49. The minimum absolute atomic E-state index is 0.115. The Morgan fingerprint density at radius 1 is 1.48 bits per heavy atom. The second kappa shape index (κ2) is 6.88. The Morgan fingerprint density at radius 3 is 2.83 bits per heavy atom. The summed E-state index contributed by atoms with van der Waals surface area (Å²) in [6, 6.07) is 4.51. The average molecular weight is 330 g/mol. The van der Waals surface area contributed by atoms with E-state index in [4.69, 9.17) is 0 Å². The van der Waals surface area contributed by atoms with Crippen LogP contribution < -0.4 is 10.6 Å². The first kappa shape index (κ1) is 17.7. The Kier molecular flexibility index (Phi) is 5.31. The van der Waals surface area contributed by atoms with Crippen molar-refractivity contribution in [3.8, 4) is 0 Å². The first-order valence-electron chi connectivity index (χ1n) is 7.57. The molecule has 0 radical (unpaired) electrons. The Balaban J connectivity index is 1.97. The SMILES string of the molecule is CC1(C(=O)NCC(O)c2cccc(C(F)(F)F)c2)CCCNC1. The van der Waals surface area contributed by atoms with Crippen molar-refractivity contribution in [3.63, 3.8) is 0 Å². The summed E-state index contributed by atoms with van der Waals surface area (Å²) in [6.07, 6.45) is -4.01. The molecule has 1 saturated heterocycles. The highest BCUT2D eigenvalue weighted by atomic mass is 19.4. The van der Waals surface area contributed by atoms with Gasteiger partial charge in [0.25, 0.3) is 0 Å². The van der Waals surface area contributed by atoms with Crippen LogP contribution in [-0.4, -0.2) is 30.6 Å². The number of halogens is 3. The lowest BCUT2D eigenvalue weighted by Gasteiger charge is -2.33. The van der Waals surface area contributed by atoms with Crippen LogP contribution in [0, 0.1) is 5.41 Å². The van der Waals surface area contributed by atoms with Gasteiger partial charge in [-0.25, -0.2) is 0 Å². The molecule has 0 bridgehead atoms. The Labute approximate surface area is 133 Å². The van der Waals surface area contributed by atoms with Gasteiger partial charge in [-0.1, -0.05) is 12.1 Å². The van der Waals surface area contributed by atoms with Gasteiger partial charge >= 0.3 is 6.18 Å². The molecule has 2 unspecified atom stereocenters. The van der Waals surface area contributed by atoms with E-state index in [2.05, 4.69) is 10.6 Å². The number of benzene rings is 1. The molecule has 128 valence electrons. The minimum Gasteiger partial charge on any atom is -0.387 e. The minimum atomic E-state index is -4.46. The summed E-state index contributed by atoms with van der Waals surface area (Å²) in [5, 5.41) is 15.8. The van der Waals surface area contributed by atoms with Crippen molar-refractivity contribution in [2.24, 2.45) is 5.41 Å². The van der Waals surface area contributed by atoms with Crippen LogP contribution in [-0.2, 0) is 11.0 Å². The zero-order valence-corrected chi connectivity index (χ0v) is 12.9. The van der Waals surface area contributed by atoms with Gasteiger partial charge in [-0.05, 0) is 44.0 Å². The molecule has 2 atom stereocenters. The maximum Gasteiger partial charge on any atom is 0.416 e. The summed E-state index contributed by atoms with van der Waals surface area (Å²) < 4.78 is 38.0. The molecule has 0 spiro atoms. The monoisotopic (exact) mass is 330 g/mol. The Morgan fingerprint density at radius 2 is 2.22 bits per heavy atom. The van der Waals surface area contributed by atoms with Gasteiger partial charge in [-0.2, -0.15) is 13.2 Å². The fourth-order valence-corrected chi connectivity index (χ4v) is 2.69. The van der Waals surface area contributed by atoms with Gasteiger partial charge in [-0.15, -0.1) is 0 Å². The van der Waals surface area contributed by atoms with E-state index in [1.54, 1.807) is 0 Å². The topological polar surface area (TPSA) is 61.4 Å². The molecular weight excluding hydrogens is 309 g/mol. The molecule has 0 aliphatic carbocycles. The van der Waals surface area contributed by atoms with Crippen LogP contribution in [0.4, 0.5) is 13.2 Å². The van der Waals surface area contributed by atoms with Gasteiger partial charge in [0.2, 0.25) is 5.91 Å². The zero-order valence-electron chi connectivity index (χ0n) is 12.9. The molecule has 4 nitrogen and oxygen atoms in total. The van der Waals surface area contributed by atoms with Crippen LogP contribution in [0.15, 0.2) is 24.3 Å². The number of aliphatic hydroxyl groups excluding tert-OH is 1. The molecule has 1 aliphatic heterocycles. The number of carbonyl (C=O) groups excluding carboxylic acids is 1. The van der Waals surface area contributed by atoms with Crippen molar-refractivity contribution in [3.05, 3.63) is 35.4 Å². The van der Waals surface area contributed by atoms with Crippen LogP contribution in [0.1, 0.15) is 37.0 Å². The molecule has 1 heterocycles. The summed E-state index contributed by atoms with van der Waals surface area (Å²) in [7, 11) is 0. The summed E-state index contributed by atoms with van der Waals surface area (Å²) >= 11 is 0. The standard InChI is InChI=1S/C16H21F3N2O2/c1-15(6-3-7-20-10-15)14(23)21-9-13(22)11-4-2-5-12(8-11)16(17,18)19/h2,4-5,8,13,20,22H,3,6-7,9-10H2,1H3,(H,21,23). The zero-order chi connectivity index (χ0) is 17.1. The van der Waals surface area contributed by atoms with Crippen molar-refractivity contribution in [1.29, 1.82) is 0 Å². The van der Waals surface area contributed by atoms with Gasteiger partial charge in [0, 0.05) is 13.1 Å². The number of hydrogen-bond donors (Lipinski definition) is 3. The average Bonchev–Trinajstić information content (AvgIpc) is 2.52. The summed E-state index contributed by atoms with van der Waals surface area (Å²) in [5.74, 6) is -0.198. The van der Waals surface area contributed by atoms with Gasteiger partial charge in [-0.3, -0.25) is 4.79 Å². The molecule has 3 N–H and O–H groups in total. The quantitative estimate of drug-likeness (QED) is 0.793. The van der Waals surface area contributed by atoms with E-state index in [-0.39, 0.29) is 18.0 Å². The number of carbonyl (C=O) groups is 1. The molecule has 1 amide bonds. The van der Waals surface area contributed by atoms with E-state index in [1.807, 2.05) is 6.92 Å². The molecule has 1 aromatic carbocycles. The van der Waals surface area contributed by atoms with Gasteiger partial charge in [0.15, 0.2) is 0 Å². The van der Waals surface area contributed by atoms with Crippen molar-refractivity contribution in [2.75, 3.05) is 19.6 Å². The summed E-state index contributed by atoms with van der Waals surface area (Å²) in [5.41, 5.74) is -1.23. The van der Waals surface area contributed by atoms with E-state index < -0.39 is 23.3 Å². The fourth-order valence-electron chi connectivity index (χ4n) is 2.69. The highest BCUT2D eigenvalue weighted by Crippen LogP contribution is 2.31. The molecule has 7 heteroatoms. The maximum absolute atomic E-state index is 12.7. The molecule has 0 aromatic heterocycles. The number of alkyl halides is 3. The third-order valence-corrected chi connectivity index (χ3v) is 4.20. The third-order valence-electron chi connectivity index (χ3n) is 4.20. The first-order valence-corrected chi connectivity index (χ1v) is 7.57. The predicted octanol–water partition coefficient (Wildman–Crippen LogP) is 2.24. The number of aliphatic hydroxyl groups is 1. The van der Waals surface area contributed by atoms with Crippen molar-refractivity contribution in [2.45, 2.75) is 32.0 Å². The number of piperidine rings is 1. The highest BCUT2D eigenvalue weighted by Gasteiger charge is 2.35. The van der Waals surface area contributed by atoms with Crippen molar-refractivity contribution in [1.82, 2.24) is 10.6 Å². The molecule has 1 fully saturated rings. The van der Waals surface area contributed by atoms with Gasteiger partial charge in [0.1, 0.15) is 0 Å². The largest absolute Gasteiger partial charge is 0.416 e. The number of amides is 1. The molecule has 1 aromatic rings. The Hall–Kier alpha value is -1.60. The van der Waals surface area contributed by atoms with Crippen LogP contribution in [0.2, 0.25) is 0 Å². The summed E-state index contributed by atoms with van der Waals surface area (Å²) in [6.45, 7) is 3.15. The van der Waals surface area contributed by atoms with E-state index in [0.29, 0.717) is 6.54 Å². The predicted molar refractivity (Wildman–Crippen MR) is 79.6 cm³/mol. The van der Waals surface area contributed by atoms with E-state index in [1.165, 1.54) is 12.1 Å². The second-order valence-corrected chi connectivity index (χ2v) is 6.19. The molecule has 0 saturated carbocycles. The second-order valence-electron chi connectivity index (χ2n) is 6.19.